The maximum absolute atomic E-state index is 12.3. The maximum Gasteiger partial charge on any atom is 0.314 e. The highest BCUT2D eigenvalue weighted by atomic mass is 16.5. The molecule has 0 radical (unpaired) electrons. The van der Waals surface area contributed by atoms with E-state index in [0.717, 1.165) is 24.8 Å². The van der Waals surface area contributed by atoms with Crippen LogP contribution in [-0.4, -0.2) is 43.2 Å². The Morgan fingerprint density at radius 2 is 2.04 bits per heavy atom. The molecule has 2 heterocycles. The topological polar surface area (TPSA) is 38.8 Å². The molecular weight excluding hydrogens is 302 g/mol. The number of benzene rings is 1. The number of nitrogens with zero attached hydrogens (tertiary/aromatic N) is 1. The molecule has 2 saturated heterocycles. The van der Waals surface area contributed by atoms with Crippen molar-refractivity contribution in [2.75, 3.05) is 14.2 Å². The third-order valence-electron chi connectivity index (χ3n) is 5.25. The number of hydrogen-bond acceptors (Lipinski definition) is 4. The summed E-state index contributed by atoms with van der Waals surface area (Å²) < 4.78 is 11.1. The second-order valence-corrected chi connectivity index (χ2v) is 6.62. The largest absolute Gasteiger partial charge is 0.490 e. The number of carbonyl (C=O) groups excluding carboxylic acids is 1. The highest BCUT2D eigenvalue weighted by molar-refractivity contribution is 5.74. The zero-order valence-electron chi connectivity index (χ0n) is 14.4. The quantitative estimate of drug-likeness (QED) is 0.473. The third-order valence-corrected chi connectivity index (χ3v) is 5.25. The first kappa shape index (κ1) is 16.8. The third kappa shape index (κ3) is 3.39. The van der Waals surface area contributed by atoms with Crippen molar-refractivity contribution in [3.05, 3.63) is 54.3 Å². The lowest BCUT2D eigenvalue weighted by atomic mass is 9.87. The van der Waals surface area contributed by atoms with Crippen LogP contribution in [0.1, 0.15) is 24.8 Å². The molecule has 4 nitrogen and oxygen atoms in total. The number of hydrogen-bond donors (Lipinski definition) is 0. The van der Waals surface area contributed by atoms with E-state index in [2.05, 4.69) is 18.5 Å². The molecule has 0 aliphatic carbocycles. The SMILES string of the molecule is C=C(C=Cc1ccccc1)O[C@@H]1C[C@@H]2CC[C@H]([C@H]1C(=O)OC)N2C. The molecule has 0 aromatic heterocycles. The lowest BCUT2D eigenvalue weighted by Crippen LogP contribution is -2.53. The summed E-state index contributed by atoms with van der Waals surface area (Å²) in [4.78, 5) is 14.6. The number of methoxy groups -OCH3 is 1. The molecule has 2 bridgehead atoms. The summed E-state index contributed by atoms with van der Waals surface area (Å²) in [7, 11) is 3.54. The van der Waals surface area contributed by atoms with Gasteiger partial charge in [0.25, 0.3) is 0 Å². The number of fused-ring (bicyclic) bond motifs is 2. The first-order valence-corrected chi connectivity index (χ1v) is 8.48. The number of esters is 1. The van der Waals surface area contributed by atoms with Crippen molar-refractivity contribution in [3.8, 4) is 0 Å². The summed E-state index contributed by atoms with van der Waals surface area (Å²) in [6.45, 7) is 4.00. The minimum absolute atomic E-state index is 0.168. The Labute approximate surface area is 143 Å². The molecule has 2 aliphatic rings. The van der Waals surface area contributed by atoms with Gasteiger partial charge < -0.3 is 9.47 Å². The molecule has 0 spiro atoms. The highest BCUT2D eigenvalue weighted by Crippen LogP contribution is 2.40. The van der Waals surface area contributed by atoms with Crippen LogP contribution in [0.15, 0.2) is 48.7 Å². The molecule has 4 heteroatoms. The van der Waals surface area contributed by atoms with Crippen molar-refractivity contribution < 1.29 is 14.3 Å². The van der Waals surface area contributed by atoms with Gasteiger partial charge in [-0.25, -0.2) is 0 Å². The fourth-order valence-corrected chi connectivity index (χ4v) is 3.97. The number of ether oxygens (including phenoxy) is 2. The lowest BCUT2D eigenvalue weighted by molar-refractivity contribution is -0.156. The van der Waals surface area contributed by atoms with E-state index in [0.29, 0.717) is 11.8 Å². The van der Waals surface area contributed by atoms with E-state index in [4.69, 9.17) is 9.47 Å². The summed E-state index contributed by atoms with van der Waals surface area (Å²) >= 11 is 0. The number of allylic oxidation sites excluding steroid dienone is 1. The Morgan fingerprint density at radius 3 is 2.75 bits per heavy atom. The van der Waals surface area contributed by atoms with Gasteiger partial charge in [0.05, 0.1) is 7.11 Å². The van der Waals surface area contributed by atoms with Crippen molar-refractivity contribution in [2.24, 2.45) is 5.92 Å². The predicted octanol–water partition coefficient (Wildman–Crippen LogP) is 3.25. The van der Waals surface area contributed by atoms with Gasteiger partial charge in [-0.15, -0.1) is 0 Å². The molecular formula is C20H25NO3. The fourth-order valence-electron chi connectivity index (χ4n) is 3.97. The van der Waals surface area contributed by atoms with E-state index >= 15 is 0 Å². The monoisotopic (exact) mass is 327 g/mol. The van der Waals surface area contributed by atoms with Crippen molar-refractivity contribution >= 4 is 12.0 Å². The zero-order valence-corrected chi connectivity index (χ0v) is 14.4. The van der Waals surface area contributed by atoms with Gasteiger partial charge >= 0.3 is 5.97 Å². The van der Waals surface area contributed by atoms with Gasteiger partial charge in [0.2, 0.25) is 0 Å². The van der Waals surface area contributed by atoms with Crippen LogP contribution in [0.3, 0.4) is 0 Å². The van der Waals surface area contributed by atoms with Crippen LogP contribution in [0.2, 0.25) is 0 Å². The number of carbonyl (C=O) groups is 1. The van der Waals surface area contributed by atoms with E-state index < -0.39 is 0 Å². The average Bonchev–Trinajstić information content (AvgIpc) is 2.83. The Morgan fingerprint density at radius 1 is 1.29 bits per heavy atom. The van der Waals surface area contributed by atoms with Crippen LogP contribution in [-0.2, 0) is 14.3 Å². The second kappa shape index (κ2) is 7.22. The molecule has 0 N–H and O–H groups in total. The Kier molecular flexibility index (Phi) is 5.05. The van der Waals surface area contributed by atoms with Crippen LogP contribution in [0.4, 0.5) is 0 Å². The summed E-state index contributed by atoms with van der Waals surface area (Å²) in [5.74, 6) is 0.152. The van der Waals surface area contributed by atoms with Gasteiger partial charge in [0.1, 0.15) is 17.8 Å². The Balaban J connectivity index is 1.69. The van der Waals surface area contributed by atoms with E-state index in [-0.39, 0.29) is 24.0 Å². The average molecular weight is 327 g/mol. The smallest absolute Gasteiger partial charge is 0.314 e. The van der Waals surface area contributed by atoms with Crippen LogP contribution < -0.4 is 0 Å². The first-order valence-electron chi connectivity index (χ1n) is 8.48. The summed E-state index contributed by atoms with van der Waals surface area (Å²) in [6, 6.07) is 10.7. The van der Waals surface area contributed by atoms with Crippen LogP contribution in [0, 0.1) is 5.92 Å². The van der Waals surface area contributed by atoms with Gasteiger partial charge in [-0.1, -0.05) is 43.0 Å². The van der Waals surface area contributed by atoms with E-state index in [1.807, 2.05) is 42.5 Å². The van der Waals surface area contributed by atoms with Gasteiger partial charge in [0.15, 0.2) is 0 Å². The van der Waals surface area contributed by atoms with Crippen molar-refractivity contribution in [3.63, 3.8) is 0 Å². The van der Waals surface area contributed by atoms with Gasteiger partial charge in [-0.3, -0.25) is 9.69 Å². The second-order valence-electron chi connectivity index (χ2n) is 6.62. The van der Waals surface area contributed by atoms with Crippen LogP contribution in [0.25, 0.3) is 6.08 Å². The normalized spacial score (nSPS) is 29.6. The standard InChI is InChI=1S/C20H25NO3/c1-14(9-10-15-7-5-4-6-8-15)24-18-13-16-11-12-17(21(16)2)19(18)20(22)23-3/h4-10,16-19H,1,11-13H2,2-3H3/t16-,17+,18+,19+/m0/s1. The minimum atomic E-state index is -0.249. The molecule has 0 unspecified atom stereocenters. The van der Waals surface area contributed by atoms with Gasteiger partial charge in [-0.05, 0) is 31.5 Å². The van der Waals surface area contributed by atoms with Gasteiger partial charge in [0, 0.05) is 18.5 Å². The molecule has 24 heavy (non-hydrogen) atoms. The Hall–Kier alpha value is -2.07. The molecule has 1 aromatic rings. The maximum atomic E-state index is 12.3. The molecule has 2 fully saturated rings. The summed E-state index contributed by atoms with van der Waals surface area (Å²) in [6.07, 6.45) is 6.64. The first-order chi connectivity index (χ1) is 11.6. The number of piperidine rings is 1. The molecule has 1 aromatic carbocycles. The predicted molar refractivity (Wildman–Crippen MR) is 94.2 cm³/mol. The van der Waals surface area contributed by atoms with Crippen molar-refractivity contribution in [2.45, 2.75) is 37.5 Å². The van der Waals surface area contributed by atoms with E-state index in [1.54, 1.807) is 0 Å². The lowest BCUT2D eigenvalue weighted by Gasteiger charge is -2.41. The highest BCUT2D eigenvalue weighted by Gasteiger charge is 2.50. The van der Waals surface area contributed by atoms with Crippen LogP contribution in [0.5, 0.6) is 0 Å². The fraction of sp³-hybridized carbons (Fsp3) is 0.450. The Bertz CT molecular complexity index is 625. The summed E-state index contributed by atoms with van der Waals surface area (Å²) in [5, 5.41) is 0. The summed E-state index contributed by atoms with van der Waals surface area (Å²) in [5.41, 5.74) is 1.09. The van der Waals surface area contributed by atoms with Crippen LogP contribution >= 0.6 is 0 Å². The van der Waals surface area contributed by atoms with Crippen molar-refractivity contribution in [1.29, 1.82) is 0 Å². The van der Waals surface area contributed by atoms with E-state index in [1.165, 1.54) is 7.11 Å². The molecule has 2 aliphatic heterocycles. The van der Waals surface area contributed by atoms with Gasteiger partial charge in [-0.2, -0.15) is 0 Å². The zero-order chi connectivity index (χ0) is 17.1. The molecule has 0 amide bonds. The number of rotatable bonds is 5. The molecule has 0 saturated carbocycles. The minimum Gasteiger partial charge on any atom is -0.490 e. The molecule has 128 valence electrons. The molecule has 4 atom stereocenters. The van der Waals surface area contributed by atoms with Crippen molar-refractivity contribution in [1.82, 2.24) is 4.90 Å². The van der Waals surface area contributed by atoms with E-state index in [9.17, 15) is 4.79 Å². The molecule has 3 rings (SSSR count).